The number of pyridine rings is 1. The molecule has 0 fully saturated rings. The summed E-state index contributed by atoms with van der Waals surface area (Å²) < 4.78 is 32.2. The van der Waals surface area contributed by atoms with Gasteiger partial charge in [0.25, 0.3) is 0 Å². The van der Waals surface area contributed by atoms with Gasteiger partial charge in [-0.2, -0.15) is 0 Å². The van der Waals surface area contributed by atoms with Gasteiger partial charge in [0.2, 0.25) is 5.69 Å². The van der Waals surface area contributed by atoms with Crippen molar-refractivity contribution in [3.8, 4) is 11.3 Å². The Morgan fingerprint density at radius 1 is 0.742 bits per heavy atom. The minimum atomic E-state index is -2.15. The van der Waals surface area contributed by atoms with Gasteiger partial charge in [-0.3, -0.25) is 0 Å². The van der Waals surface area contributed by atoms with E-state index in [0.29, 0.717) is 5.56 Å². The number of aromatic nitrogens is 1. The average molecular weight is 406 g/mol. The van der Waals surface area contributed by atoms with Gasteiger partial charge < -0.3 is 4.42 Å². The highest BCUT2D eigenvalue weighted by atomic mass is 16.3. The fraction of sp³-hybridized carbons (Fsp3) is 0.138. The van der Waals surface area contributed by atoms with E-state index < -0.39 is 6.85 Å². The quantitative estimate of drug-likeness (QED) is 0.207. The summed E-state index contributed by atoms with van der Waals surface area (Å²) >= 11 is 0. The molecule has 0 unspecified atom stereocenters. The molecule has 0 aliphatic rings. The Morgan fingerprint density at radius 2 is 1.48 bits per heavy atom. The second-order valence-electron chi connectivity index (χ2n) is 8.43. The van der Waals surface area contributed by atoms with E-state index in [-0.39, 0.29) is 0 Å². The molecule has 6 aromatic rings. The zero-order valence-electron chi connectivity index (χ0n) is 20.8. The fourth-order valence-corrected chi connectivity index (χ4v) is 4.80. The second kappa shape index (κ2) is 6.42. The molecule has 0 saturated carbocycles. The first-order valence-electron chi connectivity index (χ1n) is 12.0. The maximum Gasteiger partial charge on any atom is 0.216 e. The van der Waals surface area contributed by atoms with Gasteiger partial charge >= 0.3 is 0 Å². The molecule has 0 N–H and O–H groups in total. The molecule has 0 saturated heterocycles. The van der Waals surface area contributed by atoms with Crippen molar-refractivity contribution in [3.63, 3.8) is 0 Å². The number of hydrogen-bond donors (Lipinski definition) is 0. The molecule has 2 nitrogen and oxygen atoms in total. The van der Waals surface area contributed by atoms with E-state index in [1.807, 2.05) is 24.6 Å². The van der Waals surface area contributed by atoms with Gasteiger partial charge in [0.05, 0.1) is 5.56 Å². The molecule has 150 valence electrons. The van der Waals surface area contributed by atoms with Gasteiger partial charge in [0.1, 0.15) is 18.2 Å². The zero-order valence-corrected chi connectivity index (χ0v) is 17.8. The number of fused-ring (bicyclic) bond motifs is 7. The van der Waals surface area contributed by atoms with Crippen molar-refractivity contribution in [3.05, 3.63) is 89.6 Å². The lowest BCUT2D eigenvalue weighted by Gasteiger charge is -2.07. The molecule has 0 bridgehead atoms. The standard InChI is InChI=1S/C29H24NO/c1-17-9-13-23-24-14-12-21-11-10-20-7-5-6-8-22(20)27(21)29(24)31-28(23)26(17)25-15-18(2)19(3)16-30(25)4/h5-16H,1-4H3/q+1/i3D3. The molecular formula is C29H24NO+. The molecule has 2 heterocycles. The summed E-state index contributed by atoms with van der Waals surface area (Å²) in [6.07, 6.45) is 1.72. The molecular weight excluding hydrogens is 378 g/mol. The van der Waals surface area contributed by atoms with Crippen molar-refractivity contribution in [2.75, 3.05) is 0 Å². The first-order valence-corrected chi connectivity index (χ1v) is 10.5. The number of benzene rings is 4. The minimum absolute atomic E-state index is 0.366. The first-order chi connectivity index (χ1) is 16.2. The number of aryl methyl sites for hydroxylation is 4. The summed E-state index contributed by atoms with van der Waals surface area (Å²) in [7, 11) is 1.90. The van der Waals surface area contributed by atoms with Crippen molar-refractivity contribution in [2.24, 2.45) is 7.05 Å². The van der Waals surface area contributed by atoms with E-state index in [9.17, 15) is 0 Å². The molecule has 0 aliphatic carbocycles. The van der Waals surface area contributed by atoms with E-state index in [2.05, 4.69) is 67.6 Å². The SMILES string of the molecule is [2H]C([2H])([2H])c1c[n+](C)c(-c2c(C)ccc3c2oc2c3ccc3ccc4ccccc4c32)cc1C. The fourth-order valence-electron chi connectivity index (χ4n) is 4.80. The van der Waals surface area contributed by atoms with E-state index in [1.54, 1.807) is 6.20 Å². The van der Waals surface area contributed by atoms with E-state index in [0.717, 1.165) is 55.1 Å². The maximum atomic E-state index is 7.88. The van der Waals surface area contributed by atoms with Crippen molar-refractivity contribution in [2.45, 2.75) is 20.7 Å². The number of furan rings is 1. The van der Waals surface area contributed by atoms with Crippen LogP contribution in [0.1, 0.15) is 20.8 Å². The molecule has 31 heavy (non-hydrogen) atoms. The highest BCUT2D eigenvalue weighted by Crippen LogP contribution is 2.41. The van der Waals surface area contributed by atoms with Gasteiger partial charge in [-0.05, 0) is 54.1 Å². The predicted molar refractivity (Wildman–Crippen MR) is 130 cm³/mol. The van der Waals surface area contributed by atoms with Crippen LogP contribution < -0.4 is 4.57 Å². The van der Waals surface area contributed by atoms with E-state index >= 15 is 0 Å². The summed E-state index contributed by atoms with van der Waals surface area (Å²) in [5, 5.41) is 6.76. The van der Waals surface area contributed by atoms with Gasteiger partial charge in [0, 0.05) is 31.9 Å². The third-order valence-corrected chi connectivity index (χ3v) is 6.46. The van der Waals surface area contributed by atoms with Crippen molar-refractivity contribution < 1.29 is 13.1 Å². The average Bonchev–Trinajstić information content (AvgIpc) is 3.18. The summed E-state index contributed by atoms with van der Waals surface area (Å²) in [6.45, 7) is 1.78. The van der Waals surface area contributed by atoms with Crippen molar-refractivity contribution >= 4 is 43.5 Å². The third kappa shape index (κ3) is 2.55. The van der Waals surface area contributed by atoms with Crippen molar-refractivity contribution in [1.29, 1.82) is 0 Å². The summed E-state index contributed by atoms with van der Waals surface area (Å²) in [5.74, 6) is 0. The van der Waals surface area contributed by atoms with Gasteiger partial charge in [0.15, 0.2) is 6.20 Å². The Bertz CT molecular complexity index is 1780. The van der Waals surface area contributed by atoms with Crippen molar-refractivity contribution in [1.82, 2.24) is 0 Å². The number of nitrogens with zero attached hydrogens (tertiary/aromatic N) is 1. The number of hydrogen-bond acceptors (Lipinski definition) is 1. The van der Waals surface area contributed by atoms with Crippen LogP contribution in [0.2, 0.25) is 0 Å². The molecule has 4 aromatic carbocycles. The molecule has 2 aromatic heterocycles. The predicted octanol–water partition coefficient (Wildman–Crippen LogP) is 7.31. The lowest BCUT2D eigenvalue weighted by atomic mass is 9.97. The molecule has 6 rings (SSSR count). The molecule has 0 radical (unpaired) electrons. The third-order valence-electron chi connectivity index (χ3n) is 6.46. The van der Waals surface area contributed by atoms with E-state index in [4.69, 9.17) is 8.53 Å². The van der Waals surface area contributed by atoms with E-state index in [1.165, 1.54) is 10.8 Å². The van der Waals surface area contributed by atoms with Crippen LogP contribution >= 0.6 is 0 Å². The molecule has 0 atom stereocenters. The zero-order chi connectivity index (χ0) is 23.8. The van der Waals surface area contributed by atoms with Gasteiger partial charge in [-0.1, -0.05) is 54.6 Å². The Morgan fingerprint density at radius 3 is 2.35 bits per heavy atom. The molecule has 2 heteroatoms. The van der Waals surface area contributed by atoms with Crippen LogP contribution in [0.25, 0.3) is 54.7 Å². The topological polar surface area (TPSA) is 17.0 Å². The Labute approximate surface area is 185 Å². The normalized spacial score (nSPS) is 13.7. The van der Waals surface area contributed by atoms with Gasteiger partial charge in [-0.15, -0.1) is 0 Å². The van der Waals surface area contributed by atoms with Crippen LogP contribution in [0.4, 0.5) is 0 Å². The summed E-state index contributed by atoms with van der Waals surface area (Å²) in [4.78, 5) is 0. The highest BCUT2D eigenvalue weighted by Gasteiger charge is 2.22. The first kappa shape index (κ1) is 15.2. The summed E-state index contributed by atoms with van der Waals surface area (Å²) in [5.41, 5.74) is 5.83. The maximum absolute atomic E-state index is 7.88. The number of rotatable bonds is 1. The van der Waals surface area contributed by atoms with Crippen LogP contribution in [-0.2, 0) is 7.05 Å². The van der Waals surface area contributed by atoms with Crippen LogP contribution in [0.5, 0.6) is 0 Å². The Hall–Kier alpha value is -3.65. The lowest BCUT2D eigenvalue weighted by molar-refractivity contribution is -0.660. The van der Waals surface area contributed by atoms with Crippen LogP contribution in [0.15, 0.2) is 77.3 Å². The smallest absolute Gasteiger partial charge is 0.216 e. The summed E-state index contributed by atoms with van der Waals surface area (Å²) in [6, 6.07) is 23.2. The van der Waals surface area contributed by atoms with Crippen LogP contribution in [-0.4, -0.2) is 0 Å². The monoisotopic (exact) mass is 405 g/mol. The molecule has 0 amide bonds. The second-order valence-corrected chi connectivity index (χ2v) is 8.43. The van der Waals surface area contributed by atoms with Gasteiger partial charge in [-0.25, -0.2) is 4.57 Å². The molecule has 0 aliphatic heterocycles. The Balaban J connectivity index is 1.73. The lowest BCUT2D eigenvalue weighted by Crippen LogP contribution is -2.31. The minimum Gasteiger partial charge on any atom is -0.454 e. The van der Waals surface area contributed by atoms with Crippen LogP contribution in [0, 0.1) is 20.7 Å². The Kier molecular flexibility index (Phi) is 3.15. The molecule has 0 spiro atoms. The highest BCUT2D eigenvalue weighted by molar-refractivity contribution is 6.23. The largest absolute Gasteiger partial charge is 0.454 e. The van der Waals surface area contributed by atoms with Crippen LogP contribution in [0.3, 0.4) is 0 Å².